The SMILES string of the molecule is CCCNC(CCc1cccs1)c1cc2c(s1)CCSC2. The van der Waals surface area contributed by atoms with E-state index in [-0.39, 0.29) is 0 Å². The molecule has 0 saturated carbocycles. The first kappa shape index (κ1) is 15.6. The van der Waals surface area contributed by atoms with Gasteiger partial charge in [0.05, 0.1) is 0 Å². The van der Waals surface area contributed by atoms with Gasteiger partial charge in [-0.3, -0.25) is 0 Å². The van der Waals surface area contributed by atoms with E-state index in [1.807, 2.05) is 11.3 Å². The molecule has 1 aliphatic rings. The van der Waals surface area contributed by atoms with Crippen LogP contribution >= 0.6 is 34.4 Å². The van der Waals surface area contributed by atoms with E-state index < -0.39 is 0 Å². The van der Waals surface area contributed by atoms with E-state index in [1.54, 1.807) is 15.3 Å². The summed E-state index contributed by atoms with van der Waals surface area (Å²) >= 11 is 6.02. The number of thioether (sulfide) groups is 1. The molecule has 1 unspecified atom stereocenters. The maximum absolute atomic E-state index is 3.77. The molecular formula is C17H23NS3. The molecule has 114 valence electrons. The molecule has 0 amide bonds. The first-order chi connectivity index (χ1) is 10.4. The molecule has 0 spiro atoms. The van der Waals surface area contributed by atoms with E-state index >= 15 is 0 Å². The summed E-state index contributed by atoms with van der Waals surface area (Å²) in [4.78, 5) is 4.71. The lowest BCUT2D eigenvalue weighted by Crippen LogP contribution is -2.21. The maximum atomic E-state index is 3.77. The van der Waals surface area contributed by atoms with Crippen molar-refractivity contribution in [1.29, 1.82) is 0 Å². The van der Waals surface area contributed by atoms with Crippen molar-refractivity contribution in [3.63, 3.8) is 0 Å². The molecule has 0 bridgehead atoms. The van der Waals surface area contributed by atoms with Crippen LogP contribution in [0.25, 0.3) is 0 Å². The molecule has 4 heteroatoms. The quantitative estimate of drug-likeness (QED) is 0.738. The van der Waals surface area contributed by atoms with Crippen molar-refractivity contribution in [2.75, 3.05) is 12.3 Å². The van der Waals surface area contributed by atoms with Gasteiger partial charge in [-0.05, 0) is 61.1 Å². The van der Waals surface area contributed by atoms with E-state index in [9.17, 15) is 0 Å². The Morgan fingerprint density at radius 1 is 1.38 bits per heavy atom. The van der Waals surface area contributed by atoms with Crippen LogP contribution in [0.15, 0.2) is 23.6 Å². The van der Waals surface area contributed by atoms with Crippen molar-refractivity contribution in [3.8, 4) is 0 Å². The number of hydrogen-bond acceptors (Lipinski definition) is 4. The smallest absolute Gasteiger partial charge is 0.0418 e. The molecular weight excluding hydrogens is 314 g/mol. The lowest BCUT2D eigenvalue weighted by Gasteiger charge is -2.16. The molecule has 0 saturated heterocycles. The molecule has 0 aliphatic carbocycles. The molecule has 0 aromatic carbocycles. The van der Waals surface area contributed by atoms with Crippen LogP contribution in [-0.4, -0.2) is 12.3 Å². The molecule has 2 aromatic heterocycles. The highest BCUT2D eigenvalue weighted by Crippen LogP contribution is 2.35. The maximum Gasteiger partial charge on any atom is 0.0418 e. The van der Waals surface area contributed by atoms with Gasteiger partial charge in [0, 0.05) is 26.4 Å². The van der Waals surface area contributed by atoms with Crippen LogP contribution in [0, 0.1) is 0 Å². The van der Waals surface area contributed by atoms with Crippen LogP contribution in [0.5, 0.6) is 0 Å². The highest BCUT2D eigenvalue weighted by atomic mass is 32.2. The van der Waals surface area contributed by atoms with Crippen LogP contribution in [0.2, 0.25) is 0 Å². The highest BCUT2D eigenvalue weighted by molar-refractivity contribution is 7.98. The zero-order chi connectivity index (χ0) is 14.5. The van der Waals surface area contributed by atoms with E-state index in [0.717, 1.165) is 6.54 Å². The Morgan fingerprint density at radius 2 is 2.33 bits per heavy atom. The monoisotopic (exact) mass is 337 g/mol. The Balaban J connectivity index is 1.69. The standard InChI is InChI=1S/C17H23NS3/c1-2-8-18-15(6-5-14-4-3-9-20-14)17-11-13-12-19-10-7-16(13)21-17/h3-4,9,11,15,18H,2,5-8,10,12H2,1H3. The number of thiophene rings is 2. The molecule has 3 rings (SSSR count). The van der Waals surface area contributed by atoms with Gasteiger partial charge in [0.2, 0.25) is 0 Å². The molecule has 1 aliphatic heterocycles. The van der Waals surface area contributed by atoms with Gasteiger partial charge in [-0.15, -0.1) is 22.7 Å². The van der Waals surface area contributed by atoms with Gasteiger partial charge >= 0.3 is 0 Å². The molecule has 0 fully saturated rings. The van der Waals surface area contributed by atoms with Crippen LogP contribution in [0.1, 0.15) is 46.0 Å². The number of hydrogen-bond donors (Lipinski definition) is 1. The van der Waals surface area contributed by atoms with Gasteiger partial charge in [0.25, 0.3) is 0 Å². The fourth-order valence-electron chi connectivity index (χ4n) is 2.75. The van der Waals surface area contributed by atoms with E-state index in [0.29, 0.717) is 6.04 Å². The summed E-state index contributed by atoms with van der Waals surface area (Å²) in [5.74, 6) is 2.52. The number of fused-ring (bicyclic) bond motifs is 1. The fraction of sp³-hybridized carbons (Fsp3) is 0.529. The summed E-state index contributed by atoms with van der Waals surface area (Å²) in [6.07, 6.45) is 4.88. The number of rotatable bonds is 7. The Kier molecular flexibility index (Phi) is 5.81. The van der Waals surface area contributed by atoms with Crippen LogP contribution < -0.4 is 5.32 Å². The molecule has 1 N–H and O–H groups in total. The molecule has 0 radical (unpaired) electrons. The van der Waals surface area contributed by atoms with Crippen molar-refractivity contribution in [2.45, 2.75) is 44.4 Å². The fourth-order valence-corrected chi connectivity index (χ4v) is 5.96. The Bertz CT molecular complexity index is 521. The van der Waals surface area contributed by atoms with Gasteiger partial charge in [-0.1, -0.05) is 13.0 Å². The molecule has 21 heavy (non-hydrogen) atoms. The topological polar surface area (TPSA) is 12.0 Å². The first-order valence-electron chi connectivity index (χ1n) is 7.82. The second-order valence-corrected chi connectivity index (χ2v) is 8.83. The van der Waals surface area contributed by atoms with Gasteiger partial charge in [-0.2, -0.15) is 11.8 Å². The van der Waals surface area contributed by atoms with Gasteiger partial charge in [0.15, 0.2) is 0 Å². The summed E-state index contributed by atoms with van der Waals surface area (Å²) in [5, 5.41) is 5.95. The summed E-state index contributed by atoms with van der Waals surface area (Å²) in [6, 6.07) is 7.44. The Labute approximate surface area is 140 Å². The zero-order valence-electron chi connectivity index (χ0n) is 12.6. The van der Waals surface area contributed by atoms with E-state index in [1.165, 1.54) is 42.1 Å². The Hall–Kier alpha value is -0.290. The largest absolute Gasteiger partial charge is 0.309 e. The van der Waals surface area contributed by atoms with Crippen molar-refractivity contribution in [3.05, 3.63) is 43.8 Å². The normalized spacial score (nSPS) is 15.9. The second kappa shape index (κ2) is 7.82. The third-order valence-corrected chi connectivity index (χ3v) is 7.19. The van der Waals surface area contributed by atoms with Gasteiger partial charge in [0.1, 0.15) is 0 Å². The van der Waals surface area contributed by atoms with Crippen molar-refractivity contribution < 1.29 is 0 Å². The van der Waals surface area contributed by atoms with Crippen molar-refractivity contribution >= 4 is 34.4 Å². The molecule has 1 nitrogen and oxygen atoms in total. The van der Waals surface area contributed by atoms with E-state index in [2.05, 4.69) is 58.9 Å². The third kappa shape index (κ3) is 4.13. The van der Waals surface area contributed by atoms with Gasteiger partial charge < -0.3 is 5.32 Å². The van der Waals surface area contributed by atoms with E-state index in [4.69, 9.17) is 0 Å². The molecule has 2 aromatic rings. The summed E-state index contributed by atoms with van der Waals surface area (Å²) in [7, 11) is 0. The van der Waals surface area contributed by atoms with Crippen LogP contribution in [-0.2, 0) is 18.6 Å². The number of nitrogens with one attached hydrogen (secondary N) is 1. The minimum absolute atomic E-state index is 0.535. The second-order valence-electron chi connectivity index (χ2n) is 5.52. The Morgan fingerprint density at radius 3 is 3.10 bits per heavy atom. The van der Waals surface area contributed by atoms with Crippen LogP contribution in [0.4, 0.5) is 0 Å². The molecule has 1 atom stereocenters. The van der Waals surface area contributed by atoms with Crippen molar-refractivity contribution in [1.82, 2.24) is 5.32 Å². The minimum atomic E-state index is 0.535. The minimum Gasteiger partial charge on any atom is -0.309 e. The summed E-state index contributed by atoms with van der Waals surface area (Å²) < 4.78 is 0. The third-order valence-electron chi connectivity index (χ3n) is 3.89. The van der Waals surface area contributed by atoms with Gasteiger partial charge in [-0.25, -0.2) is 0 Å². The van der Waals surface area contributed by atoms with Crippen LogP contribution in [0.3, 0.4) is 0 Å². The number of aryl methyl sites for hydroxylation is 2. The predicted octanol–water partition coefficient (Wildman–Crippen LogP) is 5.27. The zero-order valence-corrected chi connectivity index (χ0v) is 15.0. The summed E-state index contributed by atoms with van der Waals surface area (Å²) in [6.45, 7) is 3.37. The lowest BCUT2D eigenvalue weighted by atomic mass is 10.1. The predicted molar refractivity (Wildman–Crippen MR) is 97.9 cm³/mol. The molecule has 3 heterocycles. The average Bonchev–Trinajstić information content (AvgIpc) is 3.16. The lowest BCUT2D eigenvalue weighted by molar-refractivity contribution is 0.507. The highest BCUT2D eigenvalue weighted by Gasteiger charge is 2.19. The average molecular weight is 338 g/mol. The van der Waals surface area contributed by atoms with Crippen molar-refractivity contribution in [2.24, 2.45) is 0 Å². The first-order valence-corrected chi connectivity index (χ1v) is 10.7. The summed E-state index contributed by atoms with van der Waals surface area (Å²) in [5.41, 5.74) is 1.60.